The summed E-state index contributed by atoms with van der Waals surface area (Å²) in [6.07, 6.45) is 0.744. The van der Waals surface area contributed by atoms with Gasteiger partial charge in [-0.05, 0) is 17.7 Å². The predicted molar refractivity (Wildman–Crippen MR) is 90.2 cm³/mol. The van der Waals surface area contributed by atoms with Crippen molar-refractivity contribution in [1.29, 1.82) is 0 Å². The molecule has 1 heterocycles. The second kappa shape index (κ2) is 6.21. The topological polar surface area (TPSA) is 98.6 Å². The molecular formula is C16H13N3O3S. The first kappa shape index (κ1) is 15.2. The number of amides is 1. The van der Waals surface area contributed by atoms with E-state index >= 15 is 0 Å². The summed E-state index contributed by atoms with van der Waals surface area (Å²) < 4.78 is 0. The van der Waals surface area contributed by atoms with E-state index in [2.05, 4.69) is 4.99 Å². The molecule has 1 aliphatic heterocycles. The van der Waals surface area contributed by atoms with Gasteiger partial charge in [0.15, 0.2) is 0 Å². The standard InChI is InChI=1S/C16H13N3O3S/c17-16(20)11-5-6-12(14(7-11)19(21)22)9-23-15-8-10-3-1-2-4-13(10)18-15/h1-7H,8-9H2,(H2,17,20). The van der Waals surface area contributed by atoms with E-state index in [1.54, 1.807) is 6.07 Å². The number of nitro groups is 1. The molecular weight excluding hydrogens is 314 g/mol. The van der Waals surface area contributed by atoms with Gasteiger partial charge >= 0.3 is 0 Å². The largest absolute Gasteiger partial charge is 0.366 e. The number of fused-ring (bicyclic) bond motifs is 1. The number of carbonyl (C=O) groups excluding carboxylic acids is 1. The lowest BCUT2D eigenvalue weighted by atomic mass is 10.1. The zero-order valence-corrected chi connectivity index (χ0v) is 12.9. The van der Waals surface area contributed by atoms with Gasteiger partial charge in [-0.3, -0.25) is 14.9 Å². The van der Waals surface area contributed by atoms with E-state index in [-0.39, 0.29) is 11.3 Å². The molecule has 0 spiro atoms. The number of hydrogen-bond donors (Lipinski definition) is 1. The third-order valence-corrected chi connectivity index (χ3v) is 4.56. The van der Waals surface area contributed by atoms with Gasteiger partial charge in [0.05, 0.1) is 15.7 Å². The van der Waals surface area contributed by atoms with Crippen molar-refractivity contribution in [3.8, 4) is 0 Å². The number of nitrogens with zero attached hydrogens (tertiary/aromatic N) is 2. The Morgan fingerprint density at radius 3 is 2.78 bits per heavy atom. The monoisotopic (exact) mass is 327 g/mol. The summed E-state index contributed by atoms with van der Waals surface area (Å²) >= 11 is 1.47. The van der Waals surface area contributed by atoms with Crippen molar-refractivity contribution >= 4 is 34.1 Å². The van der Waals surface area contributed by atoms with Crippen molar-refractivity contribution in [2.24, 2.45) is 10.7 Å². The molecule has 23 heavy (non-hydrogen) atoms. The Balaban J connectivity index is 1.77. The average molecular weight is 327 g/mol. The predicted octanol–water partition coefficient (Wildman–Crippen LogP) is 3.21. The zero-order valence-electron chi connectivity index (χ0n) is 12.1. The maximum atomic E-state index is 11.2. The highest BCUT2D eigenvalue weighted by atomic mass is 32.2. The summed E-state index contributed by atoms with van der Waals surface area (Å²) in [5.41, 5.74) is 7.87. The number of rotatable bonds is 4. The Hall–Kier alpha value is -2.67. The van der Waals surface area contributed by atoms with Gasteiger partial charge in [-0.1, -0.05) is 24.3 Å². The van der Waals surface area contributed by atoms with Crippen molar-refractivity contribution in [3.63, 3.8) is 0 Å². The third-order valence-electron chi connectivity index (χ3n) is 3.54. The summed E-state index contributed by atoms with van der Waals surface area (Å²) in [7, 11) is 0. The molecule has 0 unspecified atom stereocenters. The molecule has 3 rings (SSSR count). The van der Waals surface area contributed by atoms with Gasteiger partial charge < -0.3 is 5.73 Å². The lowest BCUT2D eigenvalue weighted by molar-refractivity contribution is -0.385. The first-order valence-electron chi connectivity index (χ1n) is 6.90. The SMILES string of the molecule is NC(=O)c1ccc(CSC2=Nc3ccccc3C2)c([N+](=O)[O-])c1. The van der Waals surface area contributed by atoms with Gasteiger partial charge in [-0.15, -0.1) is 11.8 Å². The average Bonchev–Trinajstić information content (AvgIpc) is 2.95. The van der Waals surface area contributed by atoms with Gasteiger partial charge in [-0.2, -0.15) is 0 Å². The molecule has 0 bridgehead atoms. The van der Waals surface area contributed by atoms with Crippen LogP contribution in [0.1, 0.15) is 21.5 Å². The van der Waals surface area contributed by atoms with E-state index in [1.807, 2.05) is 24.3 Å². The number of para-hydroxylation sites is 1. The minimum absolute atomic E-state index is 0.0927. The van der Waals surface area contributed by atoms with E-state index in [4.69, 9.17) is 5.73 Å². The molecule has 2 N–H and O–H groups in total. The molecule has 2 aromatic carbocycles. The van der Waals surface area contributed by atoms with Crippen molar-refractivity contribution in [2.75, 3.05) is 0 Å². The van der Waals surface area contributed by atoms with Crippen LogP contribution in [0.4, 0.5) is 11.4 Å². The number of aliphatic imine (C=N–C) groups is 1. The normalized spacial score (nSPS) is 12.6. The van der Waals surface area contributed by atoms with Crippen LogP contribution in [0.2, 0.25) is 0 Å². The fraction of sp³-hybridized carbons (Fsp3) is 0.125. The maximum Gasteiger partial charge on any atom is 0.274 e. The van der Waals surface area contributed by atoms with E-state index in [0.717, 1.165) is 22.7 Å². The van der Waals surface area contributed by atoms with Crippen LogP contribution < -0.4 is 5.73 Å². The highest BCUT2D eigenvalue weighted by Crippen LogP contribution is 2.32. The van der Waals surface area contributed by atoms with Gasteiger partial charge in [0.2, 0.25) is 5.91 Å². The minimum atomic E-state index is -0.678. The summed E-state index contributed by atoms with van der Waals surface area (Å²) in [4.78, 5) is 26.4. The van der Waals surface area contributed by atoms with Crippen molar-refractivity contribution in [2.45, 2.75) is 12.2 Å². The minimum Gasteiger partial charge on any atom is -0.366 e. The number of benzene rings is 2. The van der Waals surface area contributed by atoms with Gasteiger partial charge in [0.1, 0.15) is 0 Å². The summed E-state index contributed by atoms with van der Waals surface area (Å²) in [5, 5.41) is 12.1. The molecule has 1 aliphatic rings. The Bertz CT molecular complexity index is 833. The van der Waals surface area contributed by atoms with Crippen LogP contribution in [0, 0.1) is 10.1 Å². The molecule has 0 fully saturated rings. The highest BCUT2D eigenvalue weighted by Gasteiger charge is 2.19. The van der Waals surface area contributed by atoms with E-state index in [9.17, 15) is 14.9 Å². The lowest BCUT2D eigenvalue weighted by Gasteiger charge is -2.04. The molecule has 1 amide bonds. The molecule has 6 nitrogen and oxygen atoms in total. The second-order valence-electron chi connectivity index (χ2n) is 5.06. The van der Waals surface area contributed by atoms with Crippen molar-refractivity contribution in [3.05, 3.63) is 69.3 Å². The number of nitrogens with two attached hydrogens (primary N) is 1. The Labute approximate surface area is 136 Å². The summed E-state index contributed by atoms with van der Waals surface area (Å²) in [6.45, 7) is 0. The van der Waals surface area contributed by atoms with Gasteiger partial charge in [0, 0.05) is 29.4 Å². The smallest absolute Gasteiger partial charge is 0.274 e. The zero-order chi connectivity index (χ0) is 16.4. The Morgan fingerprint density at radius 1 is 1.30 bits per heavy atom. The molecule has 2 aromatic rings. The van der Waals surface area contributed by atoms with Crippen LogP contribution in [0.5, 0.6) is 0 Å². The third kappa shape index (κ3) is 3.24. The Morgan fingerprint density at radius 2 is 2.09 bits per heavy atom. The fourth-order valence-electron chi connectivity index (χ4n) is 2.36. The Kier molecular flexibility index (Phi) is 4.12. The van der Waals surface area contributed by atoms with Crippen LogP contribution in [0.15, 0.2) is 47.5 Å². The van der Waals surface area contributed by atoms with Crippen LogP contribution in [0.25, 0.3) is 0 Å². The molecule has 0 saturated carbocycles. The first-order chi connectivity index (χ1) is 11.0. The fourth-order valence-corrected chi connectivity index (χ4v) is 3.35. The molecule has 0 saturated heterocycles. The summed E-state index contributed by atoms with van der Waals surface area (Å²) in [6, 6.07) is 12.2. The number of hydrogen-bond acceptors (Lipinski definition) is 5. The quantitative estimate of drug-likeness (QED) is 0.688. The maximum absolute atomic E-state index is 11.2. The number of carbonyl (C=O) groups is 1. The molecule has 7 heteroatoms. The van der Waals surface area contributed by atoms with Crippen LogP contribution in [-0.2, 0) is 12.2 Å². The number of thioether (sulfide) groups is 1. The molecule has 0 aromatic heterocycles. The van der Waals surface area contributed by atoms with Crippen molar-refractivity contribution in [1.82, 2.24) is 0 Å². The number of nitro benzene ring substituents is 1. The summed E-state index contributed by atoms with van der Waals surface area (Å²) in [5.74, 6) is -0.259. The van der Waals surface area contributed by atoms with Crippen LogP contribution >= 0.6 is 11.8 Å². The van der Waals surface area contributed by atoms with Gasteiger partial charge in [-0.25, -0.2) is 4.99 Å². The first-order valence-corrected chi connectivity index (χ1v) is 7.88. The van der Waals surface area contributed by atoms with Crippen LogP contribution in [-0.4, -0.2) is 15.9 Å². The molecule has 0 aliphatic carbocycles. The van der Waals surface area contributed by atoms with E-state index in [0.29, 0.717) is 11.3 Å². The van der Waals surface area contributed by atoms with E-state index in [1.165, 1.54) is 23.9 Å². The molecule has 0 atom stereocenters. The molecule has 116 valence electrons. The van der Waals surface area contributed by atoms with Crippen molar-refractivity contribution < 1.29 is 9.72 Å². The van der Waals surface area contributed by atoms with E-state index < -0.39 is 10.8 Å². The highest BCUT2D eigenvalue weighted by molar-refractivity contribution is 8.13. The lowest BCUT2D eigenvalue weighted by Crippen LogP contribution is -2.11. The molecule has 0 radical (unpaired) electrons. The second-order valence-corrected chi connectivity index (χ2v) is 6.11. The van der Waals surface area contributed by atoms with Crippen LogP contribution in [0.3, 0.4) is 0 Å². The number of primary amides is 1. The van der Waals surface area contributed by atoms with Gasteiger partial charge in [0.25, 0.3) is 5.69 Å².